The number of rotatable bonds is 6. The van der Waals surface area contributed by atoms with Crippen LogP contribution in [0.1, 0.15) is 40.2 Å². The van der Waals surface area contributed by atoms with Gasteiger partial charge in [-0.15, -0.1) is 0 Å². The summed E-state index contributed by atoms with van der Waals surface area (Å²) in [5.41, 5.74) is 1.58. The van der Waals surface area contributed by atoms with Gasteiger partial charge < -0.3 is 5.32 Å². The number of benzene rings is 1. The van der Waals surface area contributed by atoms with Crippen molar-refractivity contribution in [1.82, 2.24) is 10.2 Å². The van der Waals surface area contributed by atoms with E-state index in [1.54, 1.807) is 0 Å². The summed E-state index contributed by atoms with van der Waals surface area (Å²) in [7, 11) is 2.21. The Labute approximate surface area is 119 Å². The standard InChI is InChI=1S/C17H30N2/c1-14(12-18-17(3,4)5)15(2)19(6)13-16-10-8-7-9-11-16/h7-11,14-15,18H,12-13H2,1-6H3. The van der Waals surface area contributed by atoms with Crippen LogP contribution in [0.3, 0.4) is 0 Å². The number of hydrogen-bond acceptors (Lipinski definition) is 2. The van der Waals surface area contributed by atoms with E-state index in [0.29, 0.717) is 12.0 Å². The molecule has 0 amide bonds. The Kier molecular flexibility index (Phi) is 6.02. The van der Waals surface area contributed by atoms with Crippen molar-refractivity contribution in [3.8, 4) is 0 Å². The molecule has 0 aromatic heterocycles. The molecule has 0 aliphatic rings. The van der Waals surface area contributed by atoms with Gasteiger partial charge in [-0.05, 0) is 52.8 Å². The number of nitrogens with one attached hydrogen (secondary N) is 1. The first-order valence-corrected chi connectivity index (χ1v) is 7.29. The van der Waals surface area contributed by atoms with Crippen LogP contribution in [0.25, 0.3) is 0 Å². The van der Waals surface area contributed by atoms with E-state index in [9.17, 15) is 0 Å². The van der Waals surface area contributed by atoms with Crippen molar-refractivity contribution >= 4 is 0 Å². The predicted octanol–water partition coefficient (Wildman–Crippen LogP) is 3.53. The molecule has 0 radical (unpaired) electrons. The molecule has 19 heavy (non-hydrogen) atoms. The summed E-state index contributed by atoms with van der Waals surface area (Å²) in [6.07, 6.45) is 0. The number of nitrogens with zero attached hydrogens (tertiary/aromatic N) is 1. The summed E-state index contributed by atoms with van der Waals surface area (Å²) in [4.78, 5) is 2.43. The van der Waals surface area contributed by atoms with Crippen LogP contribution in [0.5, 0.6) is 0 Å². The Bertz CT molecular complexity index is 353. The van der Waals surface area contributed by atoms with Gasteiger partial charge in [0, 0.05) is 18.1 Å². The third-order valence-electron chi connectivity index (χ3n) is 3.75. The van der Waals surface area contributed by atoms with E-state index in [0.717, 1.165) is 13.1 Å². The van der Waals surface area contributed by atoms with Crippen molar-refractivity contribution in [2.24, 2.45) is 5.92 Å². The first-order chi connectivity index (χ1) is 8.79. The molecule has 0 aliphatic carbocycles. The van der Waals surface area contributed by atoms with Crippen LogP contribution in [0.15, 0.2) is 30.3 Å². The quantitative estimate of drug-likeness (QED) is 0.843. The molecule has 108 valence electrons. The summed E-state index contributed by atoms with van der Waals surface area (Å²) in [6, 6.07) is 11.2. The van der Waals surface area contributed by atoms with Crippen LogP contribution in [-0.2, 0) is 6.54 Å². The second-order valence-electron chi connectivity index (χ2n) is 6.75. The van der Waals surface area contributed by atoms with Gasteiger partial charge in [-0.3, -0.25) is 4.90 Å². The van der Waals surface area contributed by atoms with E-state index in [2.05, 4.69) is 82.2 Å². The molecule has 1 rings (SSSR count). The van der Waals surface area contributed by atoms with Gasteiger partial charge in [0.25, 0.3) is 0 Å². The van der Waals surface area contributed by atoms with E-state index in [4.69, 9.17) is 0 Å². The zero-order chi connectivity index (χ0) is 14.5. The second kappa shape index (κ2) is 7.06. The zero-order valence-corrected chi connectivity index (χ0v) is 13.4. The number of hydrogen-bond donors (Lipinski definition) is 1. The lowest BCUT2D eigenvalue weighted by atomic mass is 9.99. The highest BCUT2D eigenvalue weighted by Crippen LogP contribution is 2.13. The van der Waals surface area contributed by atoms with E-state index in [1.165, 1.54) is 5.56 Å². The van der Waals surface area contributed by atoms with Crippen LogP contribution >= 0.6 is 0 Å². The van der Waals surface area contributed by atoms with Crippen LogP contribution in [0, 0.1) is 5.92 Å². The fourth-order valence-corrected chi connectivity index (χ4v) is 2.09. The molecule has 1 N–H and O–H groups in total. The van der Waals surface area contributed by atoms with E-state index < -0.39 is 0 Å². The molecule has 0 saturated heterocycles. The van der Waals surface area contributed by atoms with E-state index in [1.807, 2.05) is 0 Å². The molecule has 0 bridgehead atoms. The minimum atomic E-state index is 0.200. The Hall–Kier alpha value is -0.860. The van der Waals surface area contributed by atoms with Crippen LogP contribution in [-0.4, -0.2) is 30.1 Å². The third-order valence-corrected chi connectivity index (χ3v) is 3.75. The topological polar surface area (TPSA) is 15.3 Å². The van der Waals surface area contributed by atoms with Gasteiger partial charge in [0.2, 0.25) is 0 Å². The van der Waals surface area contributed by atoms with Gasteiger partial charge in [0.1, 0.15) is 0 Å². The molecule has 2 heteroatoms. The fraction of sp³-hybridized carbons (Fsp3) is 0.647. The lowest BCUT2D eigenvalue weighted by Gasteiger charge is -2.32. The summed E-state index contributed by atoms with van der Waals surface area (Å²) in [5, 5.41) is 3.59. The van der Waals surface area contributed by atoms with Crippen LogP contribution in [0.2, 0.25) is 0 Å². The second-order valence-corrected chi connectivity index (χ2v) is 6.75. The average molecular weight is 262 g/mol. The van der Waals surface area contributed by atoms with Gasteiger partial charge in [-0.2, -0.15) is 0 Å². The molecule has 0 fully saturated rings. The normalized spacial score (nSPS) is 15.5. The highest BCUT2D eigenvalue weighted by Gasteiger charge is 2.19. The van der Waals surface area contributed by atoms with Crippen molar-refractivity contribution in [3.05, 3.63) is 35.9 Å². The van der Waals surface area contributed by atoms with E-state index >= 15 is 0 Å². The average Bonchev–Trinajstić information content (AvgIpc) is 2.35. The smallest absolute Gasteiger partial charge is 0.0233 e. The van der Waals surface area contributed by atoms with Gasteiger partial charge in [-0.1, -0.05) is 37.3 Å². The maximum Gasteiger partial charge on any atom is 0.0233 e. The first kappa shape index (κ1) is 16.2. The fourth-order valence-electron chi connectivity index (χ4n) is 2.09. The Morgan fingerprint density at radius 3 is 2.21 bits per heavy atom. The summed E-state index contributed by atoms with van der Waals surface area (Å²) < 4.78 is 0. The molecular formula is C17H30N2. The Morgan fingerprint density at radius 2 is 1.68 bits per heavy atom. The van der Waals surface area contributed by atoms with Gasteiger partial charge >= 0.3 is 0 Å². The first-order valence-electron chi connectivity index (χ1n) is 7.29. The monoisotopic (exact) mass is 262 g/mol. The van der Waals surface area contributed by atoms with Gasteiger partial charge in [-0.25, -0.2) is 0 Å². The van der Waals surface area contributed by atoms with Crippen molar-refractivity contribution in [1.29, 1.82) is 0 Å². The Morgan fingerprint density at radius 1 is 1.11 bits per heavy atom. The van der Waals surface area contributed by atoms with Crippen molar-refractivity contribution in [2.75, 3.05) is 13.6 Å². The van der Waals surface area contributed by atoms with Crippen molar-refractivity contribution in [2.45, 2.75) is 52.7 Å². The summed E-state index contributed by atoms with van der Waals surface area (Å²) in [5.74, 6) is 0.632. The summed E-state index contributed by atoms with van der Waals surface area (Å²) >= 11 is 0. The molecule has 2 atom stereocenters. The SMILES string of the molecule is CC(CNC(C)(C)C)C(C)N(C)Cc1ccccc1. The van der Waals surface area contributed by atoms with Crippen LogP contribution in [0.4, 0.5) is 0 Å². The molecule has 1 aromatic carbocycles. The highest BCUT2D eigenvalue weighted by molar-refractivity contribution is 5.14. The minimum absolute atomic E-state index is 0.200. The van der Waals surface area contributed by atoms with Crippen molar-refractivity contribution in [3.63, 3.8) is 0 Å². The van der Waals surface area contributed by atoms with Crippen LogP contribution < -0.4 is 5.32 Å². The Balaban J connectivity index is 2.45. The molecule has 0 spiro atoms. The third kappa shape index (κ3) is 6.22. The lowest BCUT2D eigenvalue weighted by molar-refractivity contribution is 0.182. The molecular weight excluding hydrogens is 232 g/mol. The molecule has 2 nitrogen and oxygen atoms in total. The predicted molar refractivity (Wildman–Crippen MR) is 84.3 cm³/mol. The summed E-state index contributed by atoms with van der Waals surface area (Å²) in [6.45, 7) is 13.4. The molecule has 0 aliphatic heterocycles. The lowest BCUT2D eigenvalue weighted by Crippen LogP contribution is -2.44. The maximum absolute atomic E-state index is 3.59. The van der Waals surface area contributed by atoms with Gasteiger partial charge in [0.15, 0.2) is 0 Å². The molecule has 0 heterocycles. The largest absolute Gasteiger partial charge is 0.312 e. The minimum Gasteiger partial charge on any atom is -0.312 e. The molecule has 1 aromatic rings. The van der Waals surface area contributed by atoms with E-state index in [-0.39, 0.29) is 5.54 Å². The van der Waals surface area contributed by atoms with Gasteiger partial charge in [0.05, 0.1) is 0 Å². The maximum atomic E-state index is 3.59. The van der Waals surface area contributed by atoms with Crippen molar-refractivity contribution < 1.29 is 0 Å². The molecule has 2 unspecified atom stereocenters. The zero-order valence-electron chi connectivity index (χ0n) is 13.4. The highest BCUT2D eigenvalue weighted by atomic mass is 15.1. The molecule has 0 saturated carbocycles.